The predicted molar refractivity (Wildman–Crippen MR) is 92.8 cm³/mol. The number of nitrogens with one attached hydrogen (secondary N) is 1. The van der Waals surface area contributed by atoms with E-state index in [1.165, 1.54) is 5.56 Å². The predicted octanol–water partition coefficient (Wildman–Crippen LogP) is 3.37. The Morgan fingerprint density at radius 1 is 1.09 bits per heavy atom. The first-order chi connectivity index (χ1) is 10.1. The fourth-order valence-corrected chi connectivity index (χ4v) is 2.28. The molecule has 2 atom stereocenters. The molecule has 3 nitrogen and oxygen atoms in total. The highest BCUT2D eigenvalue weighted by molar-refractivity contribution is 5.85. The maximum Gasteiger partial charge on any atom is 0.225 e. The Hall–Kier alpha value is -1.84. The first-order valence-corrected chi connectivity index (χ1v) is 7.22. The molecule has 0 fully saturated rings. The summed E-state index contributed by atoms with van der Waals surface area (Å²) in [7, 11) is 0. The Kier molecular flexibility index (Phi) is 7.09. The number of nitrogens with two attached hydrogens (primary N) is 1. The lowest BCUT2D eigenvalue weighted by atomic mass is 9.94. The summed E-state index contributed by atoms with van der Waals surface area (Å²) in [5, 5.41) is 2.97. The second-order valence-corrected chi connectivity index (χ2v) is 5.37. The zero-order valence-electron chi connectivity index (χ0n) is 13.0. The zero-order valence-corrected chi connectivity index (χ0v) is 13.8. The maximum absolute atomic E-state index is 12.3. The highest BCUT2D eigenvalue weighted by Gasteiger charge is 2.21. The molecule has 0 heterocycles. The third-order valence-corrected chi connectivity index (χ3v) is 3.85. The summed E-state index contributed by atoms with van der Waals surface area (Å²) >= 11 is 0. The van der Waals surface area contributed by atoms with Gasteiger partial charge in [0.05, 0.1) is 5.92 Å². The Morgan fingerprint density at radius 2 is 1.68 bits per heavy atom. The van der Waals surface area contributed by atoms with Crippen LogP contribution in [0.3, 0.4) is 0 Å². The minimum atomic E-state index is -0.289. The largest absolute Gasteiger partial charge is 0.352 e. The van der Waals surface area contributed by atoms with Crippen LogP contribution in [0.15, 0.2) is 54.6 Å². The molecule has 2 rings (SSSR count). The number of hydrogen-bond donors (Lipinski definition) is 2. The first-order valence-electron chi connectivity index (χ1n) is 7.22. The van der Waals surface area contributed by atoms with Crippen LogP contribution in [0.5, 0.6) is 0 Å². The van der Waals surface area contributed by atoms with Crippen molar-refractivity contribution in [1.29, 1.82) is 0 Å². The van der Waals surface area contributed by atoms with Crippen molar-refractivity contribution in [2.45, 2.75) is 26.4 Å². The lowest BCUT2D eigenvalue weighted by Crippen LogP contribution is -2.35. The van der Waals surface area contributed by atoms with Crippen LogP contribution in [0.2, 0.25) is 0 Å². The Balaban J connectivity index is 0.00000242. The maximum atomic E-state index is 12.3. The van der Waals surface area contributed by atoms with Crippen LogP contribution in [0.1, 0.15) is 29.7 Å². The minimum Gasteiger partial charge on any atom is -0.352 e. The Labute approximate surface area is 138 Å². The van der Waals surface area contributed by atoms with Gasteiger partial charge in [0.1, 0.15) is 0 Å². The van der Waals surface area contributed by atoms with Crippen molar-refractivity contribution < 1.29 is 4.79 Å². The summed E-state index contributed by atoms with van der Waals surface area (Å²) in [6, 6.07) is 17.5. The van der Waals surface area contributed by atoms with Crippen LogP contribution in [0.4, 0.5) is 0 Å². The zero-order chi connectivity index (χ0) is 15.2. The lowest BCUT2D eigenvalue weighted by Gasteiger charge is -2.20. The third kappa shape index (κ3) is 4.58. The monoisotopic (exact) mass is 318 g/mol. The average Bonchev–Trinajstić information content (AvgIpc) is 2.53. The van der Waals surface area contributed by atoms with Crippen LogP contribution in [-0.2, 0) is 11.3 Å². The third-order valence-electron chi connectivity index (χ3n) is 3.85. The van der Waals surface area contributed by atoms with Crippen LogP contribution in [0, 0.1) is 12.8 Å². The molecule has 0 spiro atoms. The smallest absolute Gasteiger partial charge is 0.225 e. The van der Waals surface area contributed by atoms with Gasteiger partial charge in [-0.2, -0.15) is 0 Å². The summed E-state index contributed by atoms with van der Waals surface area (Å²) in [6.07, 6.45) is 0. The molecule has 118 valence electrons. The van der Waals surface area contributed by atoms with Gasteiger partial charge in [-0.15, -0.1) is 12.4 Å². The number of hydrogen-bond acceptors (Lipinski definition) is 2. The summed E-state index contributed by atoms with van der Waals surface area (Å²) in [6.45, 7) is 4.45. The summed E-state index contributed by atoms with van der Waals surface area (Å²) in [4.78, 5) is 12.3. The van der Waals surface area contributed by atoms with E-state index in [4.69, 9.17) is 5.73 Å². The summed E-state index contributed by atoms with van der Waals surface area (Å²) in [5.74, 6) is -0.286. The number of rotatable bonds is 5. The average molecular weight is 319 g/mol. The number of benzene rings is 2. The molecule has 0 saturated carbocycles. The fourth-order valence-electron chi connectivity index (χ4n) is 2.28. The molecule has 2 aromatic rings. The second kappa shape index (κ2) is 8.57. The molecule has 0 aliphatic rings. The Bertz CT molecular complexity index is 601. The van der Waals surface area contributed by atoms with Crippen molar-refractivity contribution in [2.24, 2.45) is 11.7 Å². The molecule has 0 aliphatic carbocycles. The van der Waals surface area contributed by atoms with Crippen molar-refractivity contribution in [1.82, 2.24) is 5.32 Å². The van der Waals surface area contributed by atoms with E-state index in [1.54, 1.807) is 0 Å². The first kappa shape index (κ1) is 18.2. The normalized spacial score (nSPS) is 12.9. The van der Waals surface area contributed by atoms with Crippen molar-refractivity contribution >= 4 is 18.3 Å². The van der Waals surface area contributed by atoms with E-state index in [2.05, 4.69) is 5.32 Å². The van der Waals surface area contributed by atoms with E-state index in [0.717, 1.165) is 11.1 Å². The van der Waals surface area contributed by atoms with E-state index in [1.807, 2.05) is 68.4 Å². The number of carbonyl (C=O) groups excluding carboxylic acids is 1. The topological polar surface area (TPSA) is 55.1 Å². The highest BCUT2D eigenvalue weighted by Crippen LogP contribution is 2.19. The van der Waals surface area contributed by atoms with Crippen molar-refractivity contribution in [2.75, 3.05) is 0 Å². The quantitative estimate of drug-likeness (QED) is 0.888. The standard InChI is InChI=1S/C18H22N2O.ClH/c1-13-8-6-7-11-16(13)12-20-18(21)14(2)17(19)15-9-4-3-5-10-15;/h3-11,14,17H,12,19H2,1-2H3,(H,20,21);1H. The SMILES string of the molecule is Cc1ccccc1CNC(=O)C(C)C(N)c1ccccc1.Cl. The molecule has 1 amide bonds. The van der Waals surface area contributed by atoms with Crippen LogP contribution in [-0.4, -0.2) is 5.91 Å². The molecule has 2 aromatic carbocycles. The fraction of sp³-hybridized carbons (Fsp3) is 0.278. The van der Waals surface area contributed by atoms with Crippen LogP contribution in [0.25, 0.3) is 0 Å². The van der Waals surface area contributed by atoms with Gasteiger partial charge in [-0.25, -0.2) is 0 Å². The highest BCUT2D eigenvalue weighted by atomic mass is 35.5. The van der Waals surface area contributed by atoms with Gasteiger partial charge in [-0.1, -0.05) is 61.5 Å². The van der Waals surface area contributed by atoms with E-state index >= 15 is 0 Å². The molecular weight excluding hydrogens is 296 g/mol. The number of aryl methyl sites for hydroxylation is 1. The van der Waals surface area contributed by atoms with Crippen molar-refractivity contribution in [3.05, 3.63) is 71.3 Å². The Morgan fingerprint density at radius 3 is 2.32 bits per heavy atom. The molecule has 0 radical (unpaired) electrons. The molecular formula is C18H23ClN2O. The van der Waals surface area contributed by atoms with E-state index in [9.17, 15) is 4.79 Å². The molecule has 0 aromatic heterocycles. The van der Waals surface area contributed by atoms with Gasteiger partial charge in [-0.3, -0.25) is 4.79 Å². The van der Waals surface area contributed by atoms with E-state index < -0.39 is 0 Å². The summed E-state index contributed by atoms with van der Waals surface area (Å²) in [5.41, 5.74) is 9.47. The van der Waals surface area contributed by atoms with Crippen LogP contribution < -0.4 is 11.1 Å². The molecule has 0 bridgehead atoms. The number of amides is 1. The molecule has 0 saturated heterocycles. The summed E-state index contributed by atoms with van der Waals surface area (Å²) < 4.78 is 0. The second-order valence-electron chi connectivity index (χ2n) is 5.37. The number of carbonyl (C=O) groups is 1. The molecule has 3 N–H and O–H groups in total. The van der Waals surface area contributed by atoms with Gasteiger partial charge in [0.15, 0.2) is 0 Å². The van der Waals surface area contributed by atoms with E-state index in [-0.39, 0.29) is 30.3 Å². The van der Waals surface area contributed by atoms with E-state index in [0.29, 0.717) is 6.54 Å². The number of halogens is 1. The van der Waals surface area contributed by atoms with Gasteiger partial charge >= 0.3 is 0 Å². The minimum absolute atomic E-state index is 0. The van der Waals surface area contributed by atoms with Crippen LogP contribution >= 0.6 is 12.4 Å². The van der Waals surface area contributed by atoms with Gasteiger partial charge in [0.2, 0.25) is 5.91 Å². The van der Waals surface area contributed by atoms with Gasteiger partial charge in [-0.05, 0) is 23.6 Å². The molecule has 4 heteroatoms. The molecule has 22 heavy (non-hydrogen) atoms. The van der Waals surface area contributed by atoms with Gasteiger partial charge < -0.3 is 11.1 Å². The van der Waals surface area contributed by atoms with Gasteiger partial charge in [0.25, 0.3) is 0 Å². The molecule has 2 unspecified atom stereocenters. The van der Waals surface area contributed by atoms with Crippen molar-refractivity contribution in [3.63, 3.8) is 0 Å². The lowest BCUT2D eigenvalue weighted by molar-refractivity contribution is -0.125. The van der Waals surface area contributed by atoms with Gasteiger partial charge in [0, 0.05) is 12.6 Å². The molecule has 0 aliphatic heterocycles. The van der Waals surface area contributed by atoms with Crippen molar-refractivity contribution in [3.8, 4) is 0 Å².